The molecule has 0 spiro atoms. The summed E-state index contributed by atoms with van der Waals surface area (Å²) in [5.41, 5.74) is 1.16. The van der Waals surface area contributed by atoms with E-state index in [2.05, 4.69) is 16.3 Å². The molecule has 1 fully saturated rings. The van der Waals surface area contributed by atoms with Crippen molar-refractivity contribution in [2.24, 2.45) is 0 Å². The van der Waals surface area contributed by atoms with Crippen LogP contribution < -0.4 is 5.32 Å². The van der Waals surface area contributed by atoms with E-state index < -0.39 is 0 Å². The topological polar surface area (TPSA) is 15.3 Å². The lowest BCUT2D eigenvalue weighted by atomic mass is 10.1. The average Bonchev–Trinajstić information content (AvgIpc) is 2.63. The van der Waals surface area contributed by atoms with Crippen molar-refractivity contribution in [2.75, 3.05) is 32.7 Å². The van der Waals surface area contributed by atoms with Crippen LogP contribution in [0.1, 0.15) is 18.4 Å². The molecule has 2 rings (SSSR count). The highest BCUT2D eigenvalue weighted by molar-refractivity contribution is 6.42. The van der Waals surface area contributed by atoms with Gasteiger partial charge in [0.15, 0.2) is 0 Å². The van der Waals surface area contributed by atoms with Crippen molar-refractivity contribution in [3.63, 3.8) is 0 Å². The second-order valence-corrected chi connectivity index (χ2v) is 5.55. The largest absolute Gasteiger partial charge is 0.315 e. The Hall–Kier alpha value is -0.280. The minimum absolute atomic E-state index is 0.660. The van der Waals surface area contributed by atoms with Crippen molar-refractivity contribution in [1.82, 2.24) is 10.2 Å². The van der Waals surface area contributed by atoms with Crippen LogP contribution in [0.2, 0.25) is 10.0 Å². The number of halogens is 2. The molecule has 0 unspecified atom stereocenters. The predicted octanol–water partition coefficient (Wildman–Crippen LogP) is 3.22. The summed E-state index contributed by atoms with van der Waals surface area (Å²) in [5.74, 6) is 0. The molecule has 100 valence electrons. The van der Waals surface area contributed by atoms with Gasteiger partial charge in [-0.25, -0.2) is 0 Å². The van der Waals surface area contributed by atoms with Gasteiger partial charge in [-0.3, -0.25) is 0 Å². The van der Waals surface area contributed by atoms with Crippen molar-refractivity contribution < 1.29 is 0 Å². The summed E-state index contributed by atoms with van der Waals surface area (Å²) >= 11 is 12.2. The van der Waals surface area contributed by atoms with Gasteiger partial charge in [-0.05, 0) is 50.5 Å². The maximum Gasteiger partial charge on any atom is 0.0624 e. The Morgan fingerprint density at radius 2 is 2.06 bits per heavy atom. The molecular weight excluding hydrogens is 267 g/mol. The Bertz CT molecular complexity index is 374. The normalized spacial score (nSPS) is 17.7. The van der Waals surface area contributed by atoms with Crippen molar-refractivity contribution in [2.45, 2.75) is 19.3 Å². The molecule has 1 aromatic rings. The molecule has 0 saturated carbocycles. The molecule has 1 N–H and O–H groups in total. The first-order valence-electron chi connectivity index (χ1n) is 6.63. The third-order valence-electron chi connectivity index (χ3n) is 3.38. The van der Waals surface area contributed by atoms with Gasteiger partial charge in [0.1, 0.15) is 0 Å². The van der Waals surface area contributed by atoms with Crippen molar-refractivity contribution in [1.29, 1.82) is 0 Å². The van der Waals surface area contributed by atoms with E-state index in [9.17, 15) is 0 Å². The van der Waals surface area contributed by atoms with Gasteiger partial charge in [-0.2, -0.15) is 0 Å². The van der Waals surface area contributed by atoms with E-state index in [1.54, 1.807) is 0 Å². The number of aryl methyl sites for hydroxylation is 1. The second-order valence-electron chi connectivity index (χ2n) is 4.76. The zero-order valence-electron chi connectivity index (χ0n) is 10.6. The lowest BCUT2D eigenvalue weighted by molar-refractivity contribution is 0.289. The number of nitrogens with one attached hydrogen (secondary N) is 1. The number of rotatable bonds is 4. The van der Waals surface area contributed by atoms with Crippen LogP contribution in [0, 0.1) is 0 Å². The van der Waals surface area contributed by atoms with Crippen LogP contribution in [0.5, 0.6) is 0 Å². The molecule has 0 amide bonds. The molecule has 0 aliphatic carbocycles. The van der Waals surface area contributed by atoms with Gasteiger partial charge in [0.2, 0.25) is 0 Å². The summed E-state index contributed by atoms with van der Waals surface area (Å²) in [6.07, 6.45) is 3.39. The second kappa shape index (κ2) is 7.34. The van der Waals surface area contributed by atoms with Crippen molar-refractivity contribution in [3.05, 3.63) is 33.8 Å². The lowest BCUT2D eigenvalue weighted by Gasteiger charge is -2.19. The standard InChI is InChI=1S/C14H20Cl2N2/c15-13-6-1-4-12(14(13)16)5-2-9-18-10-3-7-17-8-11-18/h1,4,6,17H,2-3,5,7-11H2. The summed E-state index contributed by atoms with van der Waals surface area (Å²) < 4.78 is 0. The molecule has 1 saturated heterocycles. The monoisotopic (exact) mass is 286 g/mol. The Kier molecular flexibility index (Phi) is 5.77. The van der Waals surface area contributed by atoms with Crippen LogP contribution >= 0.6 is 23.2 Å². The Labute approximate surface area is 119 Å². The zero-order chi connectivity index (χ0) is 12.8. The highest BCUT2D eigenvalue weighted by Crippen LogP contribution is 2.26. The summed E-state index contributed by atoms with van der Waals surface area (Å²) in [6.45, 7) is 5.76. The molecule has 1 aliphatic heterocycles. The third kappa shape index (κ3) is 4.13. The van der Waals surface area contributed by atoms with E-state index in [4.69, 9.17) is 23.2 Å². The van der Waals surface area contributed by atoms with Gasteiger partial charge >= 0.3 is 0 Å². The van der Waals surface area contributed by atoms with Gasteiger partial charge in [0, 0.05) is 13.1 Å². The molecular formula is C14H20Cl2N2. The first-order valence-corrected chi connectivity index (χ1v) is 7.39. The highest BCUT2D eigenvalue weighted by atomic mass is 35.5. The van der Waals surface area contributed by atoms with Crippen LogP contribution in [0.15, 0.2) is 18.2 Å². The average molecular weight is 287 g/mol. The van der Waals surface area contributed by atoms with E-state index in [0.717, 1.165) is 49.6 Å². The van der Waals surface area contributed by atoms with E-state index >= 15 is 0 Å². The number of hydrogen-bond donors (Lipinski definition) is 1. The smallest absolute Gasteiger partial charge is 0.0624 e. The Morgan fingerprint density at radius 3 is 2.94 bits per heavy atom. The number of nitrogens with zero attached hydrogens (tertiary/aromatic N) is 1. The van der Waals surface area contributed by atoms with Gasteiger partial charge in [0.25, 0.3) is 0 Å². The molecule has 1 heterocycles. The molecule has 1 aliphatic rings. The Balaban J connectivity index is 1.79. The van der Waals surface area contributed by atoms with E-state index in [-0.39, 0.29) is 0 Å². The van der Waals surface area contributed by atoms with Crippen LogP contribution in [-0.4, -0.2) is 37.6 Å². The highest BCUT2D eigenvalue weighted by Gasteiger charge is 2.09. The van der Waals surface area contributed by atoms with Crippen molar-refractivity contribution >= 4 is 23.2 Å². The summed E-state index contributed by atoms with van der Waals surface area (Å²) in [6, 6.07) is 5.88. The fraction of sp³-hybridized carbons (Fsp3) is 0.571. The molecule has 1 aromatic carbocycles. The zero-order valence-corrected chi connectivity index (χ0v) is 12.1. The summed E-state index contributed by atoms with van der Waals surface area (Å²) in [4.78, 5) is 2.53. The molecule has 0 atom stereocenters. The van der Waals surface area contributed by atoms with Crippen LogP contribution in [0.4, 0.5) is 0 Å². The first-order chi connectivity index (χ1) is 8.77. The molecule has 18 heavy (non-hydrogen) atoms. The molecule has 2 nitrogen and oxygen atoms in total. The molecule has 4 heteroatoms. The Morgan fingerprint density at radius 1 is 1.17 bits per heavy atom. The fourth-order valence-electron chi connectivity index (χ4n) is 2.36. The van der Waals surface area contributed by atoms with E-state index in [0.29, 0.717) is 5.02 Å². The van der Waals surface area contributed by atoms with Gasteiger partial charge in [-0.15, -0.1) is 0 Å². The maximum atomic E-state index is 6.19. The van der Waals surface area contributed by atoms with Crippen LogP contribution in [0.3, 0.4) is 0 Å². The first kappa shape index (κ1) is 14.1. The van der Waals surface area contributed by atoms with Gasteiger partial charge < -0.3 is 10.2 Å². The minimum atomic E-state index is 0.660. The molecule has 0 radical (unpaired) electrons. The van der Waals surface area contributed by atoms with E-state index in [1.807, 2.05) is 12.1 Å². The van der Waals surface area contributed by atoms with Crippen LogP contribution in [-0.2, 0) is 6.42 Å². The molecule has 0 bridgehead atoms. The maximum absolute atomic E-state index is 6.19. The SMILES string of the molecule is Clc1cccc(CCCN2CCCNCC2)c1Cl. The minimum Gasteiger partial charge on any atom is -0.315 e. The third-order valence-corrected chi connectivity index (χ3v) is 4.24. The van der Waals surface area contributed by atoms with Crippen molar-refractivity contribution in [3.8, 4) is 0 Å². The quantitative estimate of drug-likeness (QED) is 0.914. The number of hydrogen-bond acceptors (Lipinski definition) is 2. The van der Waals surface area contributed by atoms with Crippen LogP contribution in [0.25, 0.3) is 0 Å². The molecule has 0 aromatic heterocycles. The number of benzene rings is 1. The lowest BCUT2D eigenvalue weighted by Crippen LogP contribution is -2.29. The summed E-state index contributed by atoms with van der Waals surface area (Å²) in [5, 5.41) is 4.80. The van der Waals surface area contributed by atoms with Gasteiger partial charge in [0.05, 0.1) is 10.0 Å². The van der Waals surface area contributed by atoms with Gasteiger partial charge in [-0.1, -0.05) is 35.3 Å². The van der Waals surface area contributed by atoms with E-state index in [1.165, 1.54) is 13.0 Å². The summed E-state index contributed by atoms with van der Waals surface area (Å²) in [7, 11) is 0. The fourth-order valence-corrected chi connectivity index (χ4v) is 2.77. The predicted molar refractivity (Wildman–Crippen MR) is 78.7 cm³/mol.